The molecule has 11 heteroatoms. The molecular weight excluding hydrogens is 597 g/mol. The molecule has 0 fully saturated rings. The summed E-state index contributed by atoms with van der Waals surface area (Å²) in [6.07, 6.45) is 0.127. The number of carbonyl (C=O) groups is 2. The Morgan fingerprint density at radius 1 is 0.867 bits per heavy atom. The Kier molecular flexibility index (Phi) is 9.99. The van der Waals surface area contributed by atoms with Gasteiger partial charge in [-0.1, -0.05) is 66.7 Å². The molecule has 1 N–H and O–H groups in total. The van der Waals surface area contributed by atoms with Crippen molar-refractivity contribution in [3.63, 3.8) is 0 Å². The molecule has 1 aliphatic heterocycles. The first kappa shape index (κ1) is 31.5. The van der Waals surface area contributed by atoms with E-state index in [9.17, 15) is 22.4 Å². The van der Waals surface area contributed by atoms with Crippen molar-refractivity contribution in [2.75, 3.05) is 30.6 Å². The van der Waals surface area contributed by atoms with Crippen LogP contribution in [0.3, 0.4) is 0 Å². The third-order valence-corrected chi connectivity index (χ3v) is 9.13. The Labute approximate surface area is 262 Å². The molecule has 1 aliphatic rings. The van der Waals surface area contributed by atoms with Gasteiger partial charge in [-0.2, -0.15) is 0 Å². The molecule has 9 nitrogen and oxygen atoms in total. The minimum atomic E-state index is -4.29. The van der Waals surface area contributed by atoms with Gasteiger partial charge in [-0.3, -0.25) is 13.9 Å². The number of sulfonamides is 1. The summed E-state index contributed by atoms with van der Waals surface area (Å²) in [5.41, 5.74) is 1.13. The number of rotatable bonds is 12. The number of ether oxygens (including phenoxy) is 2. The van der Waals surface area contributed by atoms with E-state index in [4.69, 9.17) is 9.47 Å². The number of nitrogens with zero attached hydrogens (tertiary/aromatic N) is 2. The van der Waals surface area contributed by atoms with Crippen LogP contribution in [0.15, 0.2) is 108 Å². The molecule has 4 aromatic rings. The zero-order chi connectivity index (χ0) is 31.8. The average molecular weight is 632 g/mol. The van der Waals surface area contributed by atoms with Crippen LogP contribution in [0.1, 0.15) is 18.1 Å². The monoisotopic (exact) mass is 631 g/mol. The number of anilines is 1. The molecule has 1 unspecified atom stereocenters. The fourth-order valence-electron chi connectivity index (χ4n) is 5.09. The lowest BCUT2D eigenvalue weighted by Gasteiger charge is -2.34. The summed E-state index contributed by atoms with van der Waals surface area (Å²) in [6, 6.07) is 26.4. The molecule has 45 heavy (non-hydrogen) atoms. The van der Waals surface area contributed by atoms with Crippen LogP contribution in [-0.4, -0.2) is 57.5 Å². The maximum Gasteiger partial charge on any atom is 0.264 e. The Hall–Kier alpha value is -4.90. The van der Waals surface area contributed by atoms with Crippen molar-refractivity contribution in [1.29, 1.82) is 0 Å². The van der Waals surface area contributed by atoms with Crippen molar-refractivity contribution in [3.05, 3.63) is 120 Å². The molecule has 0 saturated carbocycles. The first-order valence-corrected chi connectivity index (χ1v) is 16.0. The lowest BCUT2D eigenvalue weighted by molar-refractivity contribution is -0.140. The van der Waals surface area contributed by atoms with Crippen molar-refractivity contribution in [2.24, 2.45) is 0 Å². The Morgan fingerprint density at radius 3 is 2.20 bits per heavy atom. The molecule has 5 rings (SSSR count). The highest BCUT2D eigenvalue weighted by molar-refractivity contribution is 7.92. The van der Waals surface area contributed by atoms with Crippen molar-refractivity contribution in [1.82, 2.24) is 10.2 Å². The Balaban J connectivity index is 1.58. The summed E-state index contributed by atoms with van der Waals surface area (Å²) in [5, 5.41) is 2.79. The number of halogens is 1. The molecule has 4 aromatic carbocycles. The molecular formula is C34H34FN3O6S. The Bertz CT molecular complexity index is 1740. The summed E-state index contributed by atoms with van der Waals surface area (Å²) < 4.78 is 55.5. The van der Waals surface area contributed by atoms with Crippen LogP contribution < -0.4 is 19.1 Å². The molecule has 0 radical (unpaired) electrons. The van der Waals surface area contributed by atoms with Gasteiger partial charge in [-0.25, -0.2) is 12.8 Å². The summed E-state index contributed by atoms with van der Waals surface area (Å²) >= 11 is 0. The van der Waals surface area contributed by atoms with Gasteiger partial charge in [0.2, 0.25) is 11.8 Å². The van der Waals surface area contributed by atoms with Gasteiger partial charge in [0, 0.05) is 31.1 Å². The van der Waals surface area contributed by atoms with Gasteiger partial charge in [-0.05, 0) is 42.8 Å². The van der Waals surface area contributed by atoms with Crippen LogP contribution in [0.25, 0.3) is 0 Å². The number of likely N-dealkylation sites (N-methyl/N-ethyl adjacent to an activating group) is 1. The van der Waals surface area contributed by atoms with Crippen LogP contribution >= 0.6 is 0 Å². The van der Waals surface area contributed by atoms with Crippen LogP contribution in [0, 0.1) is 5.82 Å². The lowest BCUT2D eigenvalue weighted by atomic mass is 10.0. The van der Waals surface area contributed by atoms with E-state index in [1.807, 2.05) is 30.3 Å². The number of carbonyl (C=O) groups excluding carboxylic acids is 2. The van der Waals surface area contributed by atoms with E-state index < -0.39 is 40.2 Å². The predicted molar refractivity (Wildman–Crippen MR) is 168 cm³/mol. The molecule has 1 heterocycles. The topological polar surface area (TPSA) is 105 Å². The second kappa shape index (κ2) is 14.3. The zero-order valence-electron chi connectivity index (χ0n) is 24.8. The summed E-state index contributed by atoms with van der Waals surface area (Å²) in [5.74, 6) is -0.895. The number of fused-ring (bicyclic) bond motifs is 1. The van der Waals surface area contributed by atoms with E-state index in [1.165, 1.54) is 47.4 Å². The van der Waals surface area contributed by atoms with E-state index in [-0.39, 0.29) is 35.7 Å². The molecule has 1 atom stereocenters. The van der Waals surface area contributed by atoms with E-state index in [0.29, 0.717) is 24.7 Å². The summed E-state index contributed by atoms with van der Waals surface area (Å²) in [7, 11) is -4.29. The van der Waals surface area contributed by atoms with Crippen molar-refractivity contribution in [3.8, 4) is 11.5 Å². The minimum Gasteiger partial charge on any atom is -0.486 e. The van der Waals surface area contributed by atoms with Gasteiger partial charge in [0.1, 0.15) is 31.6 Å². The second-order valence-electron chi connectivity index (χ2n) is 10.4. The van der Waals surface area contributed by atoms with Crippen LogP contribution in [0.2, 0.25) is 0 Å². The third kappa shape index (κ3) is 7.43. The van der Waals surface area contributed by atoms with Crippen molar-refractivity contribution >= 4 is 27.5 Å². The first-order chi connectivity index (χ1) is 21.8. The van der Waals surface area contributed by atoms with E-state index in [0.717, 1.165) is 9.87 Å². The highest BCUT2D eigenvalue weighted by atomic mass is 32.2. The molecule has 0 aromatic heterocycles. The fraction of sp³-hybridized carbons (Fsp3) is 0.235. The van der Waals surface area contributed by atoms with Crippen LogP contribution in [0.5, 0.6) is 11.5 Å². The standard InChI is InChI=1S/C34H34FN3O6S/c1-2-36-34(40)30(21-25-11-5-3-6-12-25)37(23-26-13-9-10-16-29(26)35)33(39)24-38(45(41,42)28-14-7-4-8-15-28)27-17-18-31-32(22-27)44-20-19-43-31/h3-18,22,30H,2,19-21,23-24H2,1H3,(H,36,40). The van der Waals surface area contributed by atoms with Crippen molar-refractivity contribution in [2.45, 2.75) is 30.8 Å². The second-order valence-corrected chi connectivity index (χ2v) is 12.2. The quantitative estimate of drug-likeness (QED) is 0.246. The fourth-order valence-corrected chi connectivity index (χ4v) is 6.52. The summed E-state index contributed by atoms with van der Waals surface area (Å²) in [6.45, 7) is 1.76. The van der Waals surface area contributed by atoms with Crippen LogP contribution in [-0.2, 0) is 32.6 Å². The van der Waals surface area contributed by atoms with E-state index in [1.54, 1.807) is 37.3 Å². The SMILES string of the molecule is CCNC(=O)C(Cc1ccccc1)N(Cc1ccccc1F)C(=O)CN(c1ccc2c(c1)OCCO2)S(=O)(=O)c1ccccc1. The number of nitrogens with one attached hydrogen (secondary N) is 1. The largest absolute Gasteiger partial charge is 0.486 e. The number of hydrogen-bond acceptors (Lipinski definition) is 6. The highest BCUT2D eigenvalue weighted by Gasteiger charge is 2.35. The van der Waals surface area contributed by atoms with Crippen molar-refractivity contribution < 1.29 is 31.9 Å². The summed E-state index contributed by atoms with van der Waals surface area (Å²) in [4.78, 5) is 29.2. The van der Waals surface area contributed by atoms with Gasteiger partial charge < -0.3 is 19.7 Å². The van der Waals surface area contributed by atoms with Gasteiger partial charge >= 0.3 is 0 Å². The van der Waals surface area contributed by atoms with Crippen LogP contribution in [0.4, 0.5) is 10.1 Å². The number of amides is 2. The lowest BCUT2D eigenvalue weighted by Crippen LogP contribution is -2.53. The predicted octanol–water partition coefficient (Wildman–Crippen LogP) is 4.57. The Morgan fingerprint density at radius 2 is 1.51 bits per heavy atom. The minimum absolute atomic E-state index is 0.0297. The normalized spacial score (nSPS) is 13.0. The third-order valence-electron chi connectivity index (χ3n) is 7.34. The average Bonchev–Trinajstić information content (AvgIpc) is 3.06. The molecule has 0 bridgehead atoms. The van der Waals surface area contributed by atoms with Gasteiger partial charge in [-0.15, -0.1) is 0 Å². The molecule has 0 aliphatic carbocycles. The molecule has 0 saturated heterocycles. The molecule has 0 spiro atoms. The first-order valence-electron chi connectivity index (χ1n) is 14.6. The molecule has 234 valence electrons. The maximum absolute atomic E-state index is 15.0. The molecule has 2 amide bonds. The van der Waals surface area contributed by atoms with Gasteiger partial charge in [0.05, 0.1) is 10.6 Å². The zero-order valence-corrected chi connectivity index (χ0v) is 25.6. The van der Waals surface area contributed by atoms with E-state index in [2.05, 4.69) is 5.32 Å². The number of hydrogen-bond donors (Lipinski definition) is 1. The van der Waals surface area contributed by atoms with Gasteiger partial charge in [0.15, 0.2) is 11.5 Å². The number of benzene rings is 4. The van der Waals surface area contributed by atoms with E-state index >= 15 is 0 Å². The van der Waals surface area contributed by atoms with Gasteiger partial charge in [0.25, 0.3) is 10.0 Å². The maximum atomic E-state index is 15.0. The smallest absolute Gasteiger partial charge is 0.264 e. The highest BCUT2D eigenvalue weighted by Crippen LogP contribution is 2.36.